The van der Waals surface area contributed by atoms with E-state index >= 15 is 0 Å². The Balaban J connectivity index is 2.10. The summed E-state index contributed by atoms with van der Waals surface area (Å²) < 4.78 is 7.87. The Labute approximate surface area is 142 Å². The average Bonchev–Trinajstić information content (AvgIpc) is 3.07. The van der Waals surface area contributed by atoms with Gasteiger partial charge in [0.25, 0.3) is 0 Å². The van der Waals surface area contributed by atoms with Crippen LogP contribution >= 0.6 is 0 Å². The van der Waals surface area contributed by atoms with E-state index < -0.39 is 0 Å². The van der Waals surface area contributed by atoms with Gasteiger partial charge in [0, 0.05) is 17.9 Å². The van der Waals surface area contributed by atoms with Gasteiger partial charge in [0.15, 0.2) is 11.6 Å². The monoisotopic (exact) mass is 327 g/mol. The number of rotatable bonds is 4. The Morgan fingerprint density at radius 2 is 1.92 bits per heavy atom. The van der Waals surface area contributed by atoms with Crippen LogP contribution in [0.3, 0.4) is 0 Å². The molecule has 3 aromatic rings. The maximum Gasteiger partial charge on any atom is 0.218 e. The highest BCUT2D eigenvalue weighted by molar-refractivity contribution is 5.59. The lowest BCUT2D eigenvalue weighted by Gasteiger charge is -2.18. The third-order valence-corrected chi connectivity index (χ3v) is 4.06. The zero-order valence-electron chi connectivity index (χ0n) is 14.9. The van der Waals surface area contributed by atoms with E-state index in [2.05, 4.69) is 42.9 Å². The van der Waals surface area contributed by atoms with Crippen LogP contribution in [-0.2, 0) is 5.41 Å². The van der Waals surface area contributed by atoms with Crippen LogP contribution in [-0.4, -0.2) is 26.4 Å². The average molecular weight is 327 g/mol. The number of nitrogens with zero attached hydrogens (tertiary/aromatic N) is 3. The van der Waals surface area contributed by atoms with Gasteiger partial charge in [-0.2, -0.15) is 0 Å². The quantitative estimate of drug-likeness (QED) is 0.768. The molecule has 0 aliphatic rings. The molecule has 0 saturated heterocycles. The van der Waals surface area contributed by atoms with Crippen molar-refractivity contribution in [1.29, 1.82) is 0 Å². The second-order valence-electron chi connectivity index (χ2n) is 7.32. The van der Waals surface area contributed by atoms with Crippen molar-refractivity contribution in [1.82, 2.24) is 19.8 Å². The van der Waals surface area contributed by atoms with Crippen LogP contribution in [0.1, 0.15) is 50.7 Å². The first-order chi connectivity index (χ1) is 11.3. The van der Waals surface area contributed by atoms with Gasteiger partial charge in [0.05, 0.1) is 5.69 Å². The lowest BCUT2D eigenvalue weighted by atomic mass is 9.92. The molecule has 0 spiro atoms. The van der Waals surface area contributed by atoms with Crippen LogP contribution in [0, 0.1) is 6.92 Å². The van der Waals surface area contributed by atoms with Crippen LogP contribution in [0.2, 0.25) is 0 Å². The van der Waals surface area contributed by atoms with Gasteiger partial charge < -0.3 is 10.5 Å². The van der Waals surface area contributed by atoms with Crippen LogP contribution in [0.5, 0.6) is 11.5 Å². The van der Waals surface area contributed by atoms with Gasteiger partial charge in [0.2, 0.25) is 5.65 Å². The molecule has 0 aliphatic carbocycles. The Bertz CT molecular complexity index is 839. The fraction of sp³-hybridized carbons (Fsp3) is 0.444. The summed E-state index contributed by atoms with van der Waals surface area (Å²) in [6.45, 7) is 11.0. The molecule has 6 nitrogen and oxygen atoms in total. The van der Waals surface area contributed by atoms with E-state index in [1.165, 1.54) is 5.56 Å². The molecule has 1 unspecified atom stereocenters. The first-order valence-corrected chi connectivity index (χ1v) is 8.23. The van der Waals surface area contributed by atoms with Crippen molar-refractivity contribution in [3.8, 4) is 11.5 Å². The second-order valence-corrected chi connectivity index (χ2v) is 7.32. The Hall–Kier alpha value is -2.34. The van der Waals surface area contributed by atoms with E-state index in [1.807, 2.05) is 31.2 Å². The summed E-state index contributed by atoms with van der Waals surface area (Å²) >= 11 is 0. The van der Waals surface area contributed by atoms with Crippen molar-refractivity contribution in [3.05, 3.63) is 41.3 Å². The number of aromatic nitrogens is 4. The SMILES string of the molecule is Cc1ccc(Oc2c(C(C)(C)C)[nH]n3nc(C(C)CN)nc23)cc1. The maximum atomic E-state index is 6.19. The number of H-pyrrole nitrogens is 1. The maximum absolute atomic E-state index is 6.19. The number of fused-ring (bicyclic) bond motifs is 1. The molecule has 128 valence electrons. The van der Waals surface area contributed by atoms with Crippen LogP contribution in [0.15, 0.2) is 24.3 Å². The molecule has 6 heteroatoms. The number of nitrogens with two attached hydrogens (primary N) is 1. The van der Waals surface area contributed by atoms with Crippen molar-refractivity contribution >= 4 is 5.65 Å². The number of hydrogen-bond acceptors (Lipinski definition) is 4. The fourth-order valence-corrected chi connectivity index (χ4v) is 2.46. The van der Waals surface area contributed by atoms with Crippen molar-refractivity contribution < 1.29 is 4.74 Å². The Morgan fingerprint density at radius 1 is 1.25 bits per heavy atom. The third-order valence-electron chi connectivity index (χ3n) is 4.06. The second kappa shape index (κ2) is 5.94. The van der Waals surface area contributed by atoms with E-state index in [9.17, 15) is 0 Å². The van der Waals surface area contributed by atoms with Gasteiger partial charge in [-0.25, -0.2) is 4.98 Å². The van der Waals surface area contributed by atoms with Gasteiger partial charge in [-0.15, -0.1) is 9.73 Å². The number of hydrogen-bond donors (Lipinski definition) is 2. The molecule has 0 saturated carbocycles. The first-order valence-electron chi connectivity index (χ1n) is 8.23. The summed E-state index contributed by atoms with van der Waals surface area (Å²) in [4.78, 5) is 4.65. The van der Waals surface area contributed by atoms with E-state index in [1.54, 1.807) is 4.63 Å². The summed E-state index contributed by atoms with van der Waals surface area (Å²) in [5.41, 5.74) is 8.46. The van der Waals surface area contributed by atoms with Crippen LogP contribution in [0.4, 0.5) is 0 Å². The Morgan fingerprint density at radius 3 is 2.50 bits per heavy atom. The number of benzene rings is 1. The predicted octanol–water partition coefficient (Wildman–Crippen LogP) is 3.52. The number of aromatic amines is 1. The molecule has 0 amide bonds. The summed E-state index contributed by atoms with van der Waals surface area (Å²) in [5, 5.41) is 7.84. The van der Waals surface area contributed by atoms with Crippen molar-refractivity contribution in [3.63, 3.8) is 0 Å². The van der Waals surface area contributed by atoms with E-state index in [0.717, 1.165) is 17.3 Å². The molecular formula is C18H25N5O. The molecule has 3 N–H and O–H groups in total. The molecule has 0 radical (unpaired) electrons. The normalized spacial score (nSPS) is 13.4. The highest BCUT2D eigenvalue weighted by atomic mass is 16.5. The molecule has 24 heavy (non-hydrogen) atoms. The number of nitrogens with one attached hydrogen (secondary N) is 1. The highest BCUT2D eigenvalue weighted by Crippen LogP contribution is 2.36. The smallest absolute Gasteiger partial charge is 0.218 e. The van der Waals surface area contributed by atoms with Gasteiger partial charge in [0.1, 0.15) is 5.75 Å². The minimum absolute atomic E-state index is 0.101. The van der Waals surface area contributed by atoms with E-state index in [0.29, 0.717) is 17.9 Å². The summed E-state index contributed by atoms with van der Waals surface area (Å²) in [6.07, 6.45) is 0. The fourth-order valence-electron chi connectivity index (χ4n) is 2.46. The molecule has 2 heterocycles. The molecule has 1 atom stereocenters. The van der Waals surface area contributed by atoms with Crippen molar-refractivity contribution in [2.75, 3.05) is 6.54 Å². The third kappa shape index (κ3) is 3.01. The van der Waals surface area contributed by atoms with Crippen molar-refractivity contribution in [2.24, 2.45) is 5.73 Å². The lowest BCUT2D eigenvalue weighted by molar-refractivity contribution is 0.454. The zero-order chi connectivity index (χ0) is 17.5. The van der Waals surface area contributed by atoms with Gasteiger partial charge >= 0.3 is 0 Å². The van der Waals surface area contributed by atoms with E-state index in [-0.39, 0.29) is 11.3 Å². The molecule has 3 rings (SSSR count). The lowest BCUT2D eigenvalue weighted by Crippen LogP contribution is -2.14. The summed E-state index contributed by atoms with van der Waals surface area (Å²) in [6, 6.07) is 7.99. The predicted molar refractivity (Wildman–Crippen MR) is 94.8 cm³/mol. The zero-order valence-corrected chi connectivity index (χ0v) is 14.9. The van der Waals surface area contributed by atoms with Gasteiger partial charge in [-0.05, 0) is 19.1 Å². The number of aryl methyl sites for hydroxylation is 1. The van der Waals surface area contributed by atoms with Gasteiger partial charge in [-0.3, -0.25) is 5.10 Å². The largest absolute Gasteiger partial charge is 0.451 e. The Kier molecular flexibility index (Phi) is 4.09. The molecule has 2 aromatic heterocycles. The number of ether oxygens (including phenoxy) is 1. The van der Waals surface area contributed by atoms with Gasteiger partial charge in [-0.1, -0.05) is 45.4 Å². The topological polar surface area (TPSA) is 81.2 Å². The summed E-state index contributed by atoms with van der Waals surface area (Å²) in [5.74, 6) is 2.32. The highest BCUT2D eigenvalue weighted by Gasteiger charge is 2.27. The molecule has 0 aliphatic heterocycles. The molecular weight excluding hydrogens is 302 g/mol. The van der Waals surface area contributed by atoms with Crippen LogP contribution in [0.25, 0.3) is 5.65 Å². The first kappa shape index (κ1) is 16.5. The summed E-state index contributed by atoms with van der Waals surface area (Å²) in [7, 11) is 0. The molecule has 1 aromatic carbocycles. The van der Waals surface area contributed by atoms with E-state index in [4.69, 9.17) is 10.5 Å². The standard InChI is InChI=1S/C18H25N5O/c1-11-6-8-13(9-7-11)24-14-15(18(3,4)5)21-23-17(14)20-16(22-23)12(2)10-19/h6-9,12,21H,10,19H2,1-5H3. The van der Waals surface area contributed by atoms with Crippen LogP contribution < -0.4 is 10.5 Å². The minimum Gasteiger partial charge on any atom is -0.451 e. The molecule has 0 bridgehead atoms. The molecule has 0 fully saturated rings. The minimum atomic E-state index is -0.123. The van der Waals surface area contributed by atoms with Crippen molar-refractivity contribution in [2.45, 2.75) is 46.0 Å².